The normalized spacial score (nSPS) is 10.7. The van der Waals surface area contributed by atoms with Crippen LogP contribution in [-0.4, -0.2) is 25.1 Å². The number of nitrogens with one attached hydrogen (secondary N) is 1. The molecule has 0 aliphatic carbocycles. The van der Waals surface area contributed by atoms with Crippen molar-refractivity contribution in [3.8, 4) is 5.75 Å². The first-order valence-corrected chi connectivity index (χ1v) is 8.67. The molecule has 138 valence electrons. The van der Waals surface area contributed by atoms with E-state index in [-0.39, 0.29) is 18.0 Å². The summed E-state index contributed by atoms with van der Waals surface area (Å²) < 4.78 is 10.5. The van der Waals surface area contributed by atoms with E-state index in [9.17, 15) is 9.59 Å². The van der Waals surface area contributed by atoms with E-state index in [0.717, 1.165) is 16.5 Å². The van der Waals surface area contributed by atoms with Crippen molar-refractivity contribution in [3.63, 3.8) is 0 Å². The molecule has 3 aromatic carbocycles. The molecule has 0 atom stereocenters. The maximum Gasteiger partial charge on any atom is 0.338 e. The summed E-state index contributed by atoms with van der Waals surface area (Å²) >= 11 is 0. The van der Waals surface area contributed by atoms with E-state index in [2.05, 4.69) is 5.32 Å². The maximum absolute atomic E-state index is 12.7. The van der Waals surface area contributed by atoms with Gasteiger partial charge in [0.25, 0.3) is 5.91 Å². The van der Waals surface area contributed by atoms with E-state index < -0.39 is 0 Å². The molecule has 0 aromatic heterocycles. The molecule has 0 spiro atoms. The highest BCUT2D eigenvalue weighted by Crippen LogP contribution is 2.28. The number of methoxy groups -OCH3 is 1. The average Bonchev–Trinajstić information content (AvgIpc) is 2.67. The predicted molar refractivity (Wildman–Crippen MR) is 105 cm³/mol. The Morgan fingerprint density at radius 1 is 0.889 bits per heavy atom. The van der Waals surface area contributed by atoms with Gasteiger partial charge in [-0.1, -0.05) is 24.3 Å². The van der Waals surface area contributed by atoms with Crippen LogP contribution in [0.3, 0.4) is 0 Å². The van der Waals surface area contributed by atoms with Gasteiger partial charge in [0.2, 0.25) is 0 Å². The second kappa shape index (κ2) is 7.91. The standard InChI is InChI=1S/C22H21NO4/c1-14(2)27-22(25)15-8-10-16(11-9-15)23-21(24)19-12-13-20(26-3)18-7-5-4-6-17(18)19/h4-14H,1-3H3,(H,23,24). The quantitative estimate of drug-likeness (QED) is 0.669. The molecule has 0 aliphatic rings. The largest absolute Gasteiger partial charge is 0.496 e. The number of carbonyl (C=O) groups is 2. The van der Waals surface area contributed by atoms with Crippen LogP contribution in [0.25, 0.3) is 10.8 Å². The Labute approximate surface area is 157 Å². The van der Waals surface area contributed by atoms with Gasteiger partial charge in [0.05, 0.1) is 18.8 Å². The molecule has 0 fully saturated rings. The molecule has 1 N–H and O–H groups in total. The number of esters is 1. The number of fused-ring (bicyclic) bond motifs is 1. The molecule has 0 radical (unpaired) electrons. The third-order valence-corrected chi connectivity index (χ3v) is 4.07. The summed E-state index contributed by atoms with van der Waals surface area (Å²) in [7, 11) is 1.60. The lowest BCUT2D eigenvalue weighted by atomic mass is 10.0. The number of ether oxygens (including phenoxy) is 2. The Morgan fingerprint density at radius 3 is 2.19 bits per heavy atom. The van der Waals surface area contributed by atoms with Crippen LogP contribution in [0.1, 0.15) is 34.6 Å². The summed E-state index contributed by atoms with van der Waals surface area (Å²) in [6, 6.07) is 17.7. The summed E-state index contributed by atoms with van der Waals surface area (Å²) in [6.07, 6.45) is -0.180. The highest BCUT2D eigenvalue weighted by atomic mass is 16.5. The van der Waals surface area contributed by atoms with E-state index in [1.165, 1.54) is 0 Å². The van der Waals surface area contributed by atoms with Crippen LogP contribution in [0.4, 0.5) is 5.69 Å². The van der Waals surface area contributed by atoms with Gasteiger partial charge >= 0.3 is 5.97 Å². The number of carbonyl (C=O) groups excluding carboxylic acids is 2. The van der Waals surface area contributed by atoms with Crippen molar-refractivity contribution >= 4 is 28.3 Å². The Balaban J connectivity index is 1.82. The topological polar surface area (TPSA) is 64.6 Å². The van der Waals surface area contributed by atoms with Gasteiger partial charge in [-0.05, 0) is 55.6 Å². The minimum Gasteiger partial charge on any atom is -0.496 e. The van der Waals surface area contributed by atoms with Crippen LogP contribution >= 0.6 is 0 Å². The predicted octanol–water partition coefficient (Wildman–Crippen LogP) is 4.67. The van der Waals surface area contributed by atoms with E-state index in [1.54, 1.807) is 57.4 Å². The number of benzene rings is 3. The molecule has 0 saturated carbocycles. The van der Waals surface area contributed by atoms with Gasteiger partial charge in [0, 0.05) is 16.6 Å². The van der Waals surface area contributed by atoms with Crippen LogP contribution in [0, 0.1) is 0 Å². The number of anilines is 1. The zero-order chi connectivity index (χ0) is 19.4. The van der Waals surface area contributed by atoms with Gasteiger partial charge in [-0.15, -0.1) is 0 Å². The summed E-state index contributed by atoms with van der Waals surface area (Å²) in [4.78, 5) is 24.6. The first kappa shape index (κ1) is 18.5. The van der Waals surface area contributed by atoms with Gasteiger partial charge < -0.3 is 14.8 Å². The van der Waals surface area contributed by atoms with Gasteiger partial charge in [-0.25, -0.2) is 4.79 Å². The zero-order valence-corrected chi connectivity index (χ0v) is 15.5. The molecular weight excluding hydrogens is 342 g/mol. The second-order valence-corrected chi connectivity index (χ2v) is 6.35. The molecular formula is C22H21NO4. The third-order valence-electron chi connectivity index (χ3n) is 4.07. The van der Waals surface area contributed by atoms with E-state index >= 15 is 0 Å². The van der Waals surface area contributed by atoms with Crippen molar-refractivity contribution in [3.05, 3.63) is 71.8 Å². The number of hydrogen-bond acceptors (Lipinski definition) is 4. The minimum absolute atomic E-state index is 0.180. The minimum atomic E-state index is -0.385. The van der Waals surface area contributed by atoms with Crippen molar-refractivity contribution in [2.45, 2.75) is 20.0 Å². The Morgan fingerprint density at radius 2 is 1.56 bits per heavy atom. The number of rotatable bonds is 5. The Kier molecular flexibility index (Phi) is 5.41. The van der Waals surface area contributed by atoms with Crippen LogP contribution < -0.4 is 10.1 Å². The van der Waals surface area contributed by atoms with E-state index in [1.807, 2.05) is 24.3 Å². The lowest BCUT2D eigenvalue weighted by molar-refractivity contribution is 0.0378. The van der Waals surface area contributed by atoms with Gasteiger partial charge in [0.15, 0.2) is 0 Å². The van der Waals surface area contributed by atoms with E-state index in [0.29, 0.717) is 16.8 Å². The second-order valence-electron chi connectivity index (χ2n) is 6.35. The van der Waals surface area contributed by atoms with Gasteiger partial charge in [0.1, 0.15) is 5.75 Å². The highest BCUT2D eigenvalue weighted by Gasteiger charge is 2.14. The van der Waals surface area contributed by atoms with Crippen LogP contribution in [0.15, 0.2) is 60.7 Å². The fourth-order valence-corrected chi connectivity index (χ4v) is 2.82. The van der Waals surface area contributed by atoms with Gasteiger partial charge in [-0.2, -0.15) is 0 Å². The molecule has 0 heterocycles. The molecule has 0 saturated heterocycles. The molecule has 0 bridgehead atoms. The van der Waals surface area contributed by atoms with Crippen molar-refractivity contribution in [1.82, 2.24) is 0 Å². The Bertz CT molecular complexity index is 977. The van der Waals surface area contributed by atoms with Gasteiger partial charge in [-0.3, -0.25) is 4.79 Å². The fourth-order valence-electron chi connectivity index (χ4n) is 2.82. The summed E-state index contributed by atoms with van der Waals surface area (Å²) in [5, 5.41) is 4.55. The molecule has 3 rings (SSSR count). The summed E-state index contributed by atoms with van der Waals surface area (Å²) in [5.74, 6) is 0.102. The molecule has 0 aliphatic heterocycles. The number of amides is 1. The van der Waals surface area contributed by atoms with E-state index in [4.69, 9.17) is 9.47 Å². The number of hydrogen-bond donors (Lipinski definition) is 1. The summed E-state index contributed by atoms with van der Waals surface area (Å²) in [5.41, 5.74) is 1.59. The third kappa shape index (κ3) is 4.08. The highest BCUT2D eigenvalue weighted by molar-refractivity contribution is 6.14. The van der Waals surface area contributed by atoms with Crippen molar-refractivity contribution < 1.29 is 19.1 Å². The first-order chi connectivity index (χ1) is 13.0. The zero-order valence-electron chi connectivity index (χ0n) is 15.5. The lowest BCUT2D eigenvalue weighted by Crippen LogP contribution is -2.13. The van der Waals surface area contributed by atoms with Crippen molar-refractivity contribution in [2.75, 3.05) is 12.4 Å². The Hall–Kier alpha value is -3.34. The van der Waals surface area contributed by atoms with Crippen LogP contribution in [-0.2, 0) is 4.74 Å². The van der Waals surface area contributed by atoms with Crippen molar-refractivity contribution in [2.24, 2.45) is 0 Å². The SMILES string of the molecule is COc1ccc(C(=O)Nc2ccc(C(=O)OC(C)C)cc2)c2ccccc12. The monoisotopic (exact) mass is 363 g/mol. The molecule has 0 unspecified atom stereocenters. The summed E-state index contributed by atoms with van der Waals surface area (Å²) in [6.45, 7) is 3.59. The molecule has 5 heteroatoms. The van der Waals surface area contributed by atoms with Crippen LogP contribution in [0.5, 0.6) is 5.75 Å². The molecule has 5 nitrogen and oxygen atoms in total. The average molecular weight is 363 g/mol. The fraction of sp³-hybridized carbons (Fsp3) is 0.182. The van der Waals surface area contributed by atoms with Crippen molar-refractivity contribution in [1.29, 1.82) is 0 Å². The first-order valence-electron chi connectivity index (χ1n) is 8.67. The lowest BCUT2D eigenvalue weighted by Gasteiger charge is -2.11. The maximum atomic E-state index is 12.7. The molecule has 27 heavy (non-hydrogen) atoms. The molecule has 1 amide bonds. The smallest absolute Gasteiger partial charge is 0.338 e. The van der Waals surface area contributed by atoms with Crippen LogP contribution in [0.2, 0.25) is 0 Å². The molecule has 3 aromatic rings.